The molecular formula is CH5BrKMg. The molecule has 4 heavy (non-hydrogen) atoms. The Kier molecular flexibility index (Phi) is 66.7. The van der Waals surface area contributed by atoms with Gasteiger partial charge in [0.05, 0.1) is 0 Å². The molecule has 0 amide bonds. The molecule has 0 spiro atoms. The van der Waals surface area contributed by atoms with Gasteiger partial charge < -0.3 is 0 Å². The zero-order chi connectivity index (χ0) is 2.00. The third-order valence-electron chi connectivity index (χ3n) is 0. The van der Waals surface area contributed by atoms with Crippen molar-refractivity contribution in [1.82, 2.24) is 0 Å². The maximum Gasteiger partial charge on any atom is 0.316 e. The molecule has 0 fully saturated rings. The summed E-state index contributed by atoms with van der Waals surface area (Å²) in [5.74, 6) is 0. The summed E-state index contributed by atoms with van der Waals surface area (Å²) < 4.78 is 0. The Morgan fingerprint density at radius 3 is 1.25 bits per heavy atom. The Balaban J connectivity index is -0.00000000500. The molecule has 0 aromatic rings. The Bertz CT molecular complexity index is 8.00. The van der Waals surface area contributed by atoms with Crippen LogP contribution in [0.3, 0.4) is 0 Å². The minimum absolute atomic E-state index is 0. The van der Waals surface area contributed by atoms with Gasteiger partial charge in [-0.05, 0) is 0 Å². The molecular weight excluding hydrogens is 155 g/mol. The summed E-state index contributed by atoms with van der Waals surface area (Å²) in [5.41, 5.74) is 0. The van der Waals surface area contributed by atoms with Crippen LogP contribution in [0.1, 0.15) is 0 Å². The first-order valence-corrected chi connectivity index (χ1v) is 8.10. The van der Waals surface area contributed by atoms with Crippen LogP contribution < -0.4 is 0 Å². The van der Waals surface area contributed by atoms with E-state index in [9.17, 15) is 0 Å². The maximum absolute atomic E-state index is 3.12. The van der Waals surface area contributed by atoms with Crippen molar-refractivity contribution < 1.29 is 0 Å². The van der Waals surface area contributed by atoms with Crippen molar-refractivity contribution in [2.24, 2.45) is 0 Å². The predicted molar refractivity (Wildman–Crippen MR) is 29.6 cm³/mol. The standard InChI is InChI=1S/CH3.BrH.K.Mg.2H/h1H3;1H;;;;/q;;+1;;;/p-1. The molecule has 0 N–H and O–H groups in total. The van der Waals surface area contributed by atoms with Crippen LogP contribution in [0.4, 0.5) is 0 Å². The van der Waals surface area contributed by atoms with Crippen molar-refractivity contribution in [3.05, 3.63) is 7.43 Å². The van der Waals surface area contributed by atoms with Gasteiger partial charge in [0.25, 0.3) is 0 Å². The molecule has 0 aromatic heterocycles. The molecule has 0 aliphatic carbocycles. The van der Waals surface area contributed by atoms with Gasteiger partial charge in [-0.15, -0.1) is 0 Å². The Hall–Kier alpha value is 2.88. The van der Waals surface area contributed by atoms with Crippen LogP contribution in [0.2, 0.25) is 0 Å². The monoisotopic (exact) mass is 159 g/mol. The molecule has 1 radical (unpaired) electrons. The quantitative estimate of drug-likeness (QED) is 0.438. The molecule has 0 rings (SSSR count). The van der Waals surface area contributed by atoms with Gasteiger partial charge in [-0.3, -0.25) is 0 Å². The SMILES string of the molecule is [CH3].[K][Br].[MgH2]. The van der Waals surface area contributed by atoms with Crippen LogP contribution >= 0.6 is 6.60 Å². The first-order valence-electron chi connectivity index (χ1n) is 0.378. The van der Waals surface area contributed by atoms with Crippen LogP contribution in [-0.4, -0.2) is 68.5 Å². The van der Waals surface area contributed by atoms with Crippen LogP contribution in [0.5, 0.6) is 0 Å². The fraction of sp³-hybridized carbons (Fsp3) is 0. The second kappa shape index (κ2) is 16.9. The maximum atomic E-state index is 3.12. The van der Waals surface area contributed by atoms with E-state index >= 15 is 0 Å². The summed E-state index contributed by atoms with van der Waals surface area (Å²) in [5, 5.41) is 0. The molecule has 3 heteroatoms. The van der Waals surface area contributed by atoms with E-state index in [0.29, 0.717) is 0 Å². The summed E-state index contributed by atoms with van der Waals surface area (Å²) in [6, 6.07) is 0. The minimum atomic E-state index is 0. The summed E-state index contributed by atoms with van der Waals surface area (Å²) in [7, 11) is 0. The van der Waals surface area contributed by atoms with Crippen LogP contribution in [0, 0.1) is 7.43 Å². The van der Waals surface area contributed by atoms with Gasteiger partial charge in [-0.1, -0.05) is 7.43 Å². The fourth-order valence-electron chi connectivity index (χ4n) is 0. The van der Waals surface area contributed by atoms with E-state index in [1.165, 1.54) is 0 Å². The van der Waals surface area contributed by atoms with E-state index in [1.54, 1.807) is 0 Å². The van der Waals surface area contributed by atoms with E-state index in [1.807, 2.05) is 0 Å². The topological polar surface area (TPSA) is 0 Å². The molecule has 0 heterocycles. The fourth-order valence-corrected chi connectivity index (χ4v) is 0. The van der Waals surface area contributed by atoms with E-state index < -0.39 is 0 Å². The Morgan fingerprint density at radius 2 is 1.25 bits per heavy atom. The normalized spacial score (nSPS) is 1.75. The number of hydrogen-bond acceptors (Lipinski definition) is 0. The molecule has 0 aromatic carbocycles. The minimum Gasteiger partial charge on any atom is 0.316 e. The average Bonchev–Trinajstić information content (AvgIpc) is 1.00. The number of halogens is 1. The molecule has 0 unspecified atom stereocenters. The van der Waals surface area contributed by atoms with Gasteiger partial charge in [-0.2, -0.15) is 0 Å². The number of rotatable bonds is 0. The van der Waals surface area contributed by atoms with Gasteiger partial charge in [0, 0.05) is 0 Å². The zero-order valence-electron chi connectivity index (χ0n) is 2.38. The molecule has 0 nitrogen and oxygen atoms in total. The smallest absolute Gasteiger partial charge is 0.316 e. The molecule has 0 aliphatic rings. The van der Waals surface area contributed by atoms with Crippen molar-refractivity contribution in [3.8, 4) is 0 Å². The van der Waals surface area contributed by atoms with Crippen molar-refractivity contribution in [2.75, 3.05) is 0 Å². The van der Waals surface area contributed by atoms with Crippen molar-refractivity contribution in [2.45, 2.75) is 0 Å². The Morgan fingerprint density at radius 1 is 1.25 bits per heavy atom. The first-order chi connectivity index (χ1) is 1.00. The number of hydrogen-bond donors (Lipinski definition) is 0. The molecule has 0 atom stereocenters. The molecule has 0 saturated carbocycles. The largest absolute Gasteiger partial charge is 0.316 e. The second-order valence-electron chi connectivity index (χ2n) is 0. The summed E-state index contributed by atoms with van der Waals surface area (Å²) >= 11 is 0.875. The van der Waals surface area contributed by atoms with E-state index in [0.717, 1.165) is 45.4 Å². The third kappa shape index (κ3) is 8.86. The molecule has 0 saturated heterocycles. The molecule has 0 aliphatic heterocycles. The third-order valence-corrected chi connectivity index (χ3v) is 0. The van der Waals surface area contributed by atoms with Crippen molar-refractivity contribution >= 4 is 75.1 Å². The van der Waals surface area contributed by atoms with Gasteiger partial charge in [-0.25, -0.2) is 0 Å². The Labute approximate surface area is 80.1 Å². The van der Waals surface area contributed by atoms with Crippen LogP contribution in [-0.2, 0) is 0 Å². The van der Waals surface area contributed by atoms with Crippen LogP contribution in [0.25, 0.3) is 0 Å². The average molecular weight is 160 g/mol. The van der Waals surface area contributed by atoms with Crippen molar-refractivity contribution in [1.29, 1.82) is 0 Å². The van der Waals surface area contributed by atoms with E-state index in [-0.39, 0.29) is 30.5 Å². The second-order valence-corrected chi connectivity index (χ2v) is 0. The zero-order valence-corrected chi connectivity index (χ0v) is 7.09. The van der Waals surface area contributed by atoms with E-state index in [2.05, 4.69) is 6.60 Å². The summed E-state index contributed by atoms with van der Waals surface area (Å²) in [4.78, 5) is 0. The van der Waals surface area contributed by atoms with E-state index in [4.69, 9.17) is 0 Å². The van der Waals surface area contributed by atoms with Gasteiger partial charge in [0.2, 0.25) is 0 Å². The van der Waals surface area contributed by atoms with Crippen molar-refractivity contribution in [3.63, 3.8) is 0 Å². The van der Waals surface area contributed by atoms with Gasteiger partial charge in [0.15, 0.2) is 0 Å². The van der Waals surface area contributed by atoms with Gasteiger partial charge >= 0.3 is 75.1 Å². The first kappa shape index (κ1) is 15.8. The molecule has 0 bridgehead atoms. The van der Waals surface area contributed by atoms with Gasteiger partial charge in [0.1, 0.15) is 0 Å². The predicted octanol–water partition coefficient (Wildman–Crippen LogP) is -0.00111. The molecule has 19 valence electrons. The summed E-state index contributed by atoms with van der Waals surface area (Å²) in [6.07, 6.45) is 0. The summed E-state index contributed by atoms with van der Waals surface area (Å²) in [6.45, 7) is 3.12. The van der Waals surface area contributed by atoms with Crippen LogP contribution in [0.15, 0.2) is 0 Å².